The molecule has 0 spiro atoms. The van der Waals surface area contributed by atoms with Gasteiger partial charge < -0.3 is 11.1 Å². The molecule has 0 amide bonds. The molecule has 1 aliphatic rings. The van der Waals surface area contributed by atoms with Gasteiger partial charge in [0, 0.05) is 24.8 Å². The fourth-order valence-corrected chi connectivity index (χ4v) is 2.52. The Morgan fingerprint density at radius 3 is 2.82 bits per heavy atom. The van der Waals surface area contributed by atoms with Crippen molar-refractivity contribution in [1.82, 2.24) is 20.3 Å². The summed E-state index contributed by atoms with van der Waals surface area (Å²) in [4.78, 5) is 0. The van der Waals surface area contributed by atoms with E-state index in [1.54, 1.807) is 0 Å². The molecule has 3 N–H and O–H groups in total. The lowest BCUT2D eigenvalue weighted by atomic mass is 9.83. The van der Waals surface area contributed by atoms with Crippen molar-refractivity contribution in [2.75, 3.05) is 6.54 Å². The first-order chi connectivity index (χ1) is 8.22. The molecule has 1 aromatic rings. The average Bonchev–Trinajstić information content (AvgIpc) is 2.78. The Labute approximate surface area is 103 Å². The van der Waals surface area contributed by atoms with Gasteiger partial charge in [-0.1, -0.05) is 24.5 Å². The monoisotopic (exact) mass is 237 g/mol. The number of nitrogens with one attached hydrogen (secondary N) is 1. The van der Waals surface area contributed by atoms with Crippen LogP contribution in [0.4, 0.5) is 0 Å². The van der Waals surface area contributed by atoms with Crippen LogP contribution in [0.2, 0.25) is 0 Å². The van der Waals surface area contributed by atoms with E-state index in [1.165, 1.54) is 32.1 Å². The van der Waals surface area contributed by atoms with E-state index in [9.17, 15) is 0 Å². The Hall–Kier alpha value is -0.940. The summed E-state index contributed by atoms with van der Waals surface area (Å²) >= 11 is 0. The molecule has 1 aliphatic carbocycles. The maximum atomic E-state index is 5.50. The van der Waals surface area contributed by atoms with Crippen molar-refractivity contribution in [3.63, 3.8) is 0 Å². The summed E-state index contributed by atoms with van der Waals surface area (Å²) in [5.41, 5.74) is 6.68. The second-order valence-corrected chi connectivity index (χ2v) is 5.23. The van der Waals surface area contributed by atoms with E-state index in [0.717, 1.165) is 18.8 Å². The summed E-state index contributed by atoms with van der Waals surface area (Å²) in [6, 6.07) is 0. The molecule has 0 unspecified atom stereocenters. The number of aromatic nitrogens is 3. The maximum Gasteiger partial charge on any atom is 0.0962 e. The zero-order valence-electron chi connectivity index (χ0n) is 10.7. The standard InChI is InChI=1S/C12H23N5/c1-12(5-3-2-4-6-12)14-7-8-17-10-11(9-13)15-16-17/h10,14H,2-9,13H2,1H3. The summed E-state index contributed by atoms with van der Waals surface area (Å²) in [7, 11) is 0. The van der Waals surface area contributed by atoms with Crippen LogP contribution in [0, 0.1) is 0 Å². The van der Waals surface area contributed by atoms with Gasteiger partial charge in [-0.3, -0.25) is 4.68 Å². The Morgan fingerprint density at radius 1 is 1.41 bits per heavy atom. The average molecular weight is 237 g/mol. The van der Waals surface area contributed by atoms with Gasteiger partial charge in [-0.05, 0) is 19.8 Å². The largest absolute Gasteiger partial charge is 0.325 e. The van der Waals surface area contributed by atoms with Crippen molar-refractivity contribution in [1.29, 1.82) is 0 Å². The van der Waals surface area contributed by atoms with Crippen molar-refractivity contribution < 1.29 is 0 Å². The fraction of sp³-hybridized carbons (Fsp3) is 0.833. The molecular formula is C12H23N5. The summed E-state index contributed by atoms with van der Waals surface area (Å²) in [6.45, 7) is 4.61. The fourth-order valence-electron chi connectivity index (χ4n) is 2.52. The molecule has 5 nitrogen and oxygen atoms in total. The first-order valence-electron chi connectivity index (χ1n) is 6.56. The summed E-state index contributed by atoms with van der Waals surface area (Å²) < 4.78 is 1.86. The third-order valence-electron chi connectivity index (χ3n) is 3.65. The molecule has 96 valence electrons. The van der Waals surface area contributed by atoms with Crippen LogP contribution in [-0.2, 0) is 13.1 Å². The Morgan fingerprint density at radius 2 is 2.18 bits per heavy atom. The van der Waals surface area contributed by atoms with E-state index in [2.05, 4.69) is 22.6 Å². The zero-order valence-corrected chi connectivity index (χ0v) is 10.7. The number of nitrogens with two attached hydrogens (primary N) is 1. The second kappa shape index (κ2) is 5.60. The predicted octanol–water partition coefficient (Wildman–Crippen LogP) is 1.05. The Kier molecular flexibility index (Phi) is 4.12. The normalized spacial score (nSPS) is 19.4. The highest BCUT2D eigenvalue weighted by Crippen LogP contribution is 2.27. The third kappa shape index (κ3) is 3.51. The molecule has 0 aliphatic heterocycles. The van der Waals surface area contributed by atoms with Crippen LogP contribution in [-0.4, -0.2) is 27.1 Å². The first-order valence-corrected chi connectivity index (χ1v) is 6.56. The zero-order chi connectivity index (χ0) is 12.1. The molecule has 1 fully saturated rings. The molecule has 2 rings (SSSR count). The quantitative estimate of drug-likeness (QED) is 0.803. The van der Waals surface area contributed by atoms with Crippen molar-refractivity contribution in [3.05, 3.63) is 11.9 Å². The van der Waals surface area contributed by atoms with Crippen LogP contribution in [0.1, 0.15) is 44.7 Å². The Bertz CT molecular complexity index is 340. The summed E-state index contributed by atoms with van der Waals surface area (Å²) in [6.07, 6.45) is 8.59. The molecule has 1 aromatic heterocycles. The Balaban J connectivity index is 1.74. The number of rotatable bonds is 5. The van der Waals surface area contributed by atoms with Crippen LogP contribution >= 0.6 is 0 Å². The van der Waals surface area contributed by atoms with E-state index in [1.807, 2.05) is 10.9 Å². The van der Waals surface area contributed by atoms with Crippen LogP contribution < -0.4 is 11.1 Å². The van der Waals surface area contributed by atoms with E-state index >= 15 is 0 Å². The van der Waals surface area contributed by atoms with Crippen LogP contribution in [0.15, 0.2) is 6.20 Å². The second-order valence-electron chi connectivity index (χ2n) is 5.23. The predicted molar refractivity (Wildman–Crippen MR) is 67.4 cm³/mol. The minimum atomic E-state index is 0.329. The molecule has 0 aromatic carbocycles. The molecular weight excluding hydrogens is 214 g/mol. The van der Waals surface area contributed by atoms with Crippen molar-refractivity contribution >= 4 is 0 Å². The smallest absolute Gasteiger partial charge is 0.0962 e. The molecule has 0 radical (unpaired) electrons. The van der Waals surface area contributed by atoms with Gasteiger partial charge in [-0.2, -0.15) is 0 Å². The maximum absolute atomic E-state index is 5.50. The number of nitrogens with zero attached hydrogens (tertiary/aromatic N) is 3. The van der Waals surface area contributed by atoms with Crippen molar-refractivity contribution in [2.24, 2.45) is 5.73 Å². The van der Waals surface area contributed by atoms with E-state index in [-0.39, 0.29) is 0 Å². The SMILES string of the molecule is CC1(NCCn2cc(CN)nn2)CCCCC1. The lowest BCUT2D eigenvalue weighted by Gasteiger charge is -2.34. The van der Waals surface area contributed by atoms with Crippen LogP contribution in [0.3, 0.4) is 0 Å². The van der Waals surface area contributed by atoms with Crippen LogP contribution in [0.25, 0.3) is 0 Å². The number of hydrogen-bond acceptors (Lipinski definition) is 4. The molecule has 5 heteroatoms. The molecule has 1 saturated carbocycles. The van der Waals surface area contributed by atoms with E-state index in [0.29, 0.717) is 12.1 Å². The van der Waals surface area contributed by atoms with Gasteiger partial charge in [0.2, 0.25) is 0 Å². The molecule has 0 saturated heterocycles. The van der Waals surface area contributed by atoms with Gasteiger partial charge in [0.05, 0.1) is 12.2 Å². The van der Waals surface area contributed by atoms with Crippen molar-refractivity contribution in [3.8, 4) is 0 Å². The highest BCUT2D eigenvalue weighted by Gasteiger charge is 2.25. The topological polar surface area (TPSA) is 68.8 Å². The third-order valence-corrected chi connectivity index (χ3v) is 3.65. The molecule has 0 atom stereocenters. The van der Waals surface area contributed by atoms with Gasteiger partial charge in [-0.15, -0.1) is 5.10 Å². The highest BCUT2D eigenvalue weighted by molar-refractivity contribution is 4.91. The van der Waals surface area contributed by atoms with E-state index in [4.69, 9.17) is 5.73 Å². The lowest BCUT2D eigenvalue weighted by molar-refractivity contribution is 0.250. The van der Waals surface area contributed by atoms with Gasteiger partial charge in [-0.25, -0.2) is 0 Å². The molecule has 1 heterocycles. The highest BCUT2D eigenvalue weighted by atomic mass is 15.4. The van der Waals surface area contributed by atoms with E-state index < -0.39 is 0 Å². The van der Waals surface area contributed by atoms with Crippen molar-refractivity contribution in [2.45, 2.75) is 57.7 Å². The minimum absolute atomic E-state index is 0.329. The van der Waals surface area contributed by atoms with Gasteiger partial charge in [0.25, 0.3) is 0 Å². The molecule has 17 heavy (non-hydrogen) atoms. The lowest BCUT2D eigenvalue weighted by Crippen LogP contribution is -2.45. The number of hydrogen-bond donors (Lipinski definition) is 2. The van der Waals surface area contributed by atoms with Crippen LogP contribution in [0.5, 0.6) is 0 Å². The molecule has 0 bridgehead atoms. The van der Waals surface area contributed by atoms with Gasteiger partial charge in [0.15, 0.2) is 0 Å². The van der Waals surface area contributed by atoms with Gasteiger partial charge in [0.1, 0.15) is 0 Å². The van der Waals surface area contributed by atoms with Gasteiger partial charge >= 0.3 is 0 Å². The minimum Gasteiger partial charge on any atom is -0.325 e. The first kappa shape index (κ1) is 12.5. The summed E-state index contributed by atoms with van der Waals surface area (Å²) in [5.74, 6) is 0. The summed E-state index contributed by atoms with van der Waals surface area (Å²) in [5, 5.41) is 11.7.